The molecule has 1 aliphatic rings. The number of nitrogens with zero attached hydrogens (tertiary/aromatic N) is 1. The summed E-state index contributed by atoms with van der Waals surface area (Å²) >= 11 is 0. The molecule has 23 heavy (non-hydrogen) atoms. The summed E-state index contributed by atoms with van der Waals surface area (Å²) in [4.78, 5) is 14.4. The molecule has 1 atom stereocenters. The van der Waals surface area contributed by atoms with E-state index in [1.807, 2.05) is 6.92 Å². The van der Waals surface area contributed by atoms with Crippen molar-refractivity contribution in [3.05, 3.63) is 29.8 Å². The van der Waals surface area contributed by atoms with Gasteiger partial charge in [0.1, 0.15) is 5.75 Å². The Balaban J connectivity index is 1.95. The average molecular weight is 340 g/mol. The van der Waals surface area contributed by atoms with Crippen molar-refractivity contribution < 1.29 is 17.9 Å². The number of piperidine rings is 1. The summed E-state index contributed by atoms with van der Waals surface area (Å²) in [6, 6.07) is 7.13. The molecule has 1 amide bonds. The molecular weight excluding hydrogens is 316 g/mol. The zero-order valence-corrected chi connectivity index (χ0v) is 14.4. The molecule has 0 aromatic heterocycles. The first kappa shape index (κ1) is 17.7. The zero-order chi connectivity index (χ0) is 16.9. The Labute approximate surface area is 137 Å². The molecule has 0 bridgehead atoms. The van der Waals surface area contributed by atoms with Gasteiger partial charge < -0.3 is 9.64 Å². The van der Waals surface area contributed by atoms with Crippen LogP contribution in [0.15, 0.2) is 24.3 Å². The maximum atomic E-state index is 12.6. The third-order valence-electron chi connectivity index (χ3n) is 3.85. The molecule has 1 heterocycles. The number of likely N-dealkylation sites (tertiary alicyclic amines) is 1. The number of carbonyl (C=O) groups is 1. The summed E-state index contributed by atoms with van der Waals surface area (Å²) in [7, 11) is -3.19. The van der Waals surface area contributed by atoms with E-state index >= 15 is 0 Å². The molecule has 1 aliphatic heterocycles. The second-order valence-electron chi connectivity index (χ2n) is 5.84. The Bertz CT molecular complexity index is 628. The van der Waals surface area contributed by atoms with Crippen LogP contribution >= 0.6 is 0 Å². The lowest BCUT2D eigenvalue weighted by Gasteiger charge is -2.32. The van der Waals surface area contributed by atoms with Gasteiger partial charge in [-0.2, -0.15) is 0 Å². The second-order valence-corrected chi connectivity index (χ2v) is 7.67. The monoisotopic (exact) mass is 340 g/mol. The van der Waals surface area contributed by atoms with Crippen molar-refractivity contribution in [3.63, 3.8) is 0 Å². The molecule has 1 saturated heterocycles. The minimum Gasteiger partial charge on any atom is -0.494 e. The van der Waals surface area contributed by atoms with Crippen LogP contribution in [-0.4, -0.2) is 51.7 Å². The van der Waals surface area contributed by atoms with Gasteiger partial charge in [0.25, 0.3) is 5.91 Å². The molecule has 1 N–H and O–H groups in total. The topological polar surface area (TPSA) is 75.7 Å². The highest BCUT2D eigenvalue weighted by molar-refractivity contribution is 7.88. The largest absolute Gasteiger partial charge is 0.494 e. The number of hydrogen-bond donors (Lipinski definition) is 1. The van der Waals surface area contributed by atoms with Gasteiger partial charge in [0.05, 0.1) is 12.9 Å². The summed E-state index contributed by atoms with van der Waals surface area (Å²) in [5.74, 6) is 0.889. The Morgan fingerprint density at radius 3 is 2.65 bits per heavy atom. The zero-order valence-electron chi connectivity index (χ0n) is 13.6. The third kappa shape index (κ3) is 5.51. The lowest BCUT2D eigenvalue weighted by atomic mass is 9.97. The minimum absolute atomic E-state index is 0.0166. The van der Waals surface area contributed by atoms with Crippen LogP contribution in [0.3, 0.4) is 0 Å². The van der Waals surface area contributed by atoms with E-state index in [1.165, 1.54) is 0 Å². The third-order valence-corrected chi connectivity index (χ3v) is 4.54. The van der Waals surface area contributed by atoms with E-state index in [4.69, 9.17) is 4.74 Å². The Kier molecular flexibility index (Phi) is 6.01. The quantitative estimate of drug-likeness (QED) is 0.851. The number of benzene rings is 1. The van der Waals surface area contributed by atoms with E-state index in [2.05, 4.69) is 4.72 Å². The molecule has 1 fully saturated rings. The molecule has 0 unspecified atom stereocenters. The van der Waals surface area contributed by atoms with Gasteiger partial charge in [-0.05, 0) is 49.9 Å². The number of amides is 1. The van der Waals surface area contributed by atoms with E-state index in [0.29, 0.717) is 31.8 Å². The van der Waals surface area contributed by atoms with Crippen LogP contribution in [-0.2, 0) is 10.0 Å². The van der Waals surface area contributed by atoms with E-state index in [0.717, 1.165) is 24.8 Å². The van der Waals surface area contributed by atoms with Gasteiger partial charge in [-0.3, -0.25) is 4.79 Å². The average Bonchev–Trinajstić information content (AvgIpc) is 2.53. The van der Waals surface area contributed by atoms with E-state index in [-0.39, 0.29) is 11.8 Å². The van der Waals surface area contributed by atoms with Crippen LogP contribution < -0.4 is 9.46 Å². The predicted molar refractivity (Wildman–Crippen MR) is 89.1 cm³/mol. The number of carbonyl (C=O) groups excluding carboxylic acids is 1. The van der Waals surface area contributed by atoms with Gasteiger partial charge >= 0.3 is 0 Å². The molecule has 0 radical (unpaired) electrons. The fourth-order valence-corrected chi connectivity index (χ4v) is 3.27. The summed E-state index contributed by atoms with van der Waals surface area (Å²) in [5.41, 5.74) is 0.630. The Morgan fingerprint density at radius 1 is 1.35 bits per heavy atom. The van der Waals surface area contributed by atoms with Crippen molar-refractivity contribution in [1.82, 2.24) is 9.62 Å². The minimum atomic E-state index is -3.19. The first-order valence-corrected chi connectivity index (χ1v) is 9.75. The van der Waals surface area contributed by atoms with Gasteiger partial charge in [-0.25, -0.2) is 13.1 Å². The van der Waals surface area contributed by atoms with Gasteiger partial charge in [-0.1, -0.05) is 0 Å². The smallest absolute Gasteiger partial charge is 0.253 e. The maximum Gasteiger partial charge on any atom is 0.253 e. The van der Waals surface area contributed by atoms with Crippen molar-refractivity contribution in [3.8, 4) is 5.75 Å². The molecule has 0 spiro atoms. The van der Waals surface area contributed by atoms with Crippen molar-refractivity contribution in [2.75, 3.05) is 32.5 Å². The van der Waals surface area contributed by atoms with Gasteiger partial charge in [0, 0.05) is 25.2 Å². The van der Waals surface area contributed by atoms with Crippen LogP contribution in [0.2, 0.25) is 0 Å². The molecule has 0 saturated carbocycles. The summed E-state index contributed by atoms with van der Waals surface area (Å²) in [6.45, 7) is 4.17. The normalized spacial score (nSPS) is 18.7. The fourth-order valence-electron chi connectivity index (χ4n) is 2.73. The predicted octanol–water partition coefficient (Wildman–Crippen LogP) is 1.49. The first-order valence-electron chi connectivity index (χ1n) is 7.86. The Morgan fingerprint density at radius 2 is 2.04 bits per heavy atom. The van der Waals surface area contributed by atoms with Crippen LogP contribution in [0.5, 0.6) is 5.75 Å². The van der Waals surface area contributed by atoms with Crippen LogP contribution in [0.4, 0.5) is 0 Å². The highest BCUT2D eigenvalue weighted by Gasteiger charge is 2.25. The van der Waals surface area contributed by atoms with E-state index in [1.54, 1.807) is 29.2 Å². The molecule has 1 aromatic rings. The number of nitrogens with one attached hydrogen (secondary N) is 1. The number of sulfonamides is 1. The molecule has 6 nitrogen and oxygen atoms in total. The highest BCUT2D eigenvalue weighted by atomic mass is 32.2. The molecular formula is C16H24N2O4S. The van der Waals surface area contributed by atoms with Crippen LogP contribution in [0.25, 0.3) is 0 Å². The standard InChI is InChI=1S/C16H24N2O4S/c1-3-22-15-8-6-14(7-9-15)16(19)18-10-4-5-13(12-18)11-17-23(2,20)21/h6-9,13,17H,3-5,10-12H2,1-2H3/t13-/m0/s1. The molecule has 7 heteroatoms. The molecule has 128 valence electrons. The van der Waals surface area contributed by atoms with E-state index < -0.39 is 10.0 Å². The van der Waals surface area contributed by atoms with Crippen molar-refractivity contribution >= 4 is 15.9 Å². The van der Waals surface area contributed by atoms with Crippen LogP contribution in [0.1, 0.15) is 30.1 Å². The van der Waals surface area contributed by atoms with Gasteiger partial charge in [0.15, 0.2) is 0 Å². The summed E-state index contributed by atoms with van der Waals surface area (Å²) in [6.07, 6.45) is 2.97. The van der Waals surface area contributed by atoms with Crippen LogP contribution in [0, 0.1) is 5.92 Å². The Hall–Kier alpha value is -1.60. The highest BCUT2D eigenvalue weighted by Crippen LogP contribution is 2.20. The summed E-state index contributed by atoms with van der Waals surface area (Å²) in [5, 5.41) is 0. The summed E-state index contributed by atoms with van der Waals surface area (Å²) < 4.78 is 30.3. The number of ether oxygens (including phenoxy) is 1. The second kappa shape index (κ2) is 7.79. The van der Waals surface area contributed by atoms with Crippen molar-refractivity contribution in [1.29, 1.82) is 0 Å². The molecule has 2 rings (SSSR count). The van der Waals surface area contributed by atoms with Gasteiger partial charge in [-0.15, -0.1) is 0 Å². The SMILES string of the molecule is CCOc1ccc(C(=O)N2CCC[C@@H](CNS(C)(=O)=O)C2)cc1. The first-order chi connectivity index (χ1) is 10.9. The van der Waals surface area contributed by atoms with Crippen molar-refractivity contribution in [2.45, 2.75) is 19.8 Å². The molecule has 0 aliphatic carbocycles. The number of rotatable bonds is 6. The maximum absolute atomic E-state index is 12.6. The van der Waals surface area contributed by atoms with Crippen molar-refractivity contribution in [2.24, 2.45) is 5.92 Å². The van der Waals surface area contributed by atoms with Gasteiger partial charge in [0.2, 0.25) is 10.0 Å². The lowest BCUT2D eigenvalue weighted by Crippen LogP contribution is -2.43. The fraction of sp³-hybridized carbons (Fsp3) is 0.562. The lowest BCUT2D eigenvalue weighted by molar-refractivity contribution is 0.0676. The molecule has 1 aromatic carbocycles. The number of hydrogen-bond acceptors (Lipinski definition) is 4. The van der Waals surface area contributed by atoms with E-state index in [9.17, 15) is 13.2 Å².